The van der Waals surface area contributed by atoms with Gasteiger partial charge in [0.05, 0.1) is 6.10 Å². The number of nitrogens with one attached hydrogen (secondary N) is 2. The third-order valence-electron chi connectivity index (χ3n) is 5.44. The SMILES string of the molecule is CCC1OCC(=O)C1NC(=O)[C@H](CC(C)(C)c1ccccc1)NC(=O)Oc1ccsc1. The number of hydrogen-bond acceptors (Lipinski definition) is 6. The first-order chi connectivity index (χ1) is 14.8. The number of rotatable bonds is 8. The zero-order valence-corrected chi connectivity index (χ0v) is 18.7. The second-order valence-corrected chi connectivity index (χ2v) is 8.99. The van der Waals surface area contributed by atoms with Gasteiger partial charge in [0.15, 0.2) is 5.78 Å². The van der Waals surface area contributed by atoms with Gasteiger partial charge in [-0.2, -0.15) is 0 Å². The van der Waals surface area contributed by atoms with Crippen LogP contribution in [0.4, 0.5) is 4.79 Å². The van der Waals surface area contributed by atoms with E-state index in [1.807, 2.05) is 51.1 Å². The van der Waals surface area contributed by atoms with Crippen molar-refractivity contribution in [2.45, 2.75) is 57.2 Å². The van der Waals surface area contributed by atoms with Crippen LogP contribution in [0.15, 0.2) is 47.2 Å². The minimum absolute atomic E-state index is 0.0166. The van der Waals surface area contributed by atoms with Crippen LogP contribution in [0.3, 0.4) is 0 Å². The Morgan fingerprint density at radius 1 is 1.26 bits per heavy atom. The van der Waals surface area contributed by atoms with E-state index in [1.54, 1.807) is 16.8 Å². The van der Waals surface area contributed by atoms with Crippen molar-refractivity contribution < 1.29 is 23.9 Å². The highest BCUT2D eigenvalue weighted by Gasteiger charge is 2.38. The molecule has 2 aromatic rings. The summed E-state index contributed by atoms with van der Waals surface area (Å²) in [7, 11) is 0. The highest BCUT2D eigenvalue weighted by atomic mass is 32.1. The first-order valence-electron chi connectivity index (χ1n) is 10.3. The summed E-state index contributed by atoms with van der Waals surface area (Å²) in [6.45, 7) is 5.90. The van der Waals surface area contributed by atoms with Gasteiger partial charge >= 0.3 is 6.09 Å². The smallest absolute Gasteiger partial charge is 0.409 e. The maximum Gasteiger partial charge on any atom is 0.413 e. The van der Waals surface area contributed by atoms with Gasteiger partial charge in [0, 0.05) is 5.38 Å². The van der Waals surface area contributed by atoms with Crippen LogP contribution in [-0.2, 0) is 19.7 Å². The number of ketones is 1. The van der Waals surface area contributed by atoms with Gasteiger partial charge in [-0.25, -0.2) is 4.79 Å². The maximum atomic E-state index is 13.2. The molecule has 0 aliphatic carbocycles. The molecule has 8 heteroatoms. The lowest BCUT2D eigenvalue weighted by atomic mass is 9.79. The van der Waals surface area contributed by atoms with Crippen molar-refractivity contribution in [2.24, 2.45) is 0 Å². The van der Waals surface area contributed by atoms with Gasteiger partial charge in [-0.3, -0.25) is 9.59 Å². The number of carbonyl (C=O) groups excluding carboxylic acids is 3. The molecule has 0 spiro atoms. The Morgan fingerprint density at radius 3 is 2.65 bits per heavy atom. The number of Topliss-reactive ketones (excluding diaryl/α,β-unsaturated/α-hetero) is 1. The van der Waals surface area contributed by atoms with Crippen molar-refractivity contribution in [1.82, 2.24) is 10.6 Å². The van der Waals surface area contributed by atoms with Crippen LogP contribution in [0.25, 0.3) is 0 Å². The summed E-state index contributed by atoms with van der Waals surface area (Å²) in [5, 5.41) is 8.96. The number of hydrogen-bond donors (Lipinski definition) is 2. The van der Waals surface area contributed by atoms with Crippen LogP contribution in [-0.4, -0.2) is 42.6 Å². The third kappa shape index (κ3) is 5.92. The molecule has 3 rings (SSSR count). The van der Waals surface area contributed by atoms with Crippen molar-refractivity contribution in [3.63, 3.8) is 0 Å². The van der Waals surface area contributed by atoms with Gasteiger partial charge in [0.2, 0.25) is 5.91 Å². The summed E-state index contributed by atoms with van der Waals surface area (Å²) in [6, 6.07) is 9.84. The van der Waals surface area contributed by atoms with Crippen molar-refractivity contribution in [3.8, 4) is 5.75 Å². The zero-order chi connectivity index (χ0) is 22.4. The van der Waals surface area contributed by atoms with Gasteiger partial charge < -0.3 is 20.1 Å². The molecule has 0 bridgehead atoms. The molecule has 31 heavy (non-hydrogen) atoms. The minimum atomic E-state index is -0.896. The van der Waals surface area contributed by atoms with E-state index >= 15 is 0 Å². The summed E-state index contributed by atoms with van der Waals surface area (Å²) < 4.78 is 10.7. The molecular formula is C23H28N2O5S. The van der Waals surface area contributed by atoms with Crippen LogP contribution in [0, 0.1) is 0 Å². The predicted octanol–water partition coefficient (Wildman–Crippen LogP) is 3.44. The highest BCUT2D eigenvalue weighted by molar-refractivity contribution is 7.08. The molecular weight excluding hydrogens is 416 g/mol. The van der Waals surface area contributed by atoms with Crippen LogP contribution in [0.5, 0.6) is 5.75 Å². The standard InChI is InChI=1S/C23H28N2O5S/c1-4-19-20(18(26)13-29-19)25-21(27)17(24-22(28)30-16-10-11-31-14-16)12-23(2,3)15-8-6-5-7-9-15/h5-11,14,17,19-20H,4,12-13H2,1-3H3,(H,24,28)(H,25,27)/t17-,19?,20?/m0/s1. The minimum Gasteiger partial charge on any atom is -0.409 e. The lowest BCUT2D eigenvalue weighted by Gasteiger charge is -2.31. The Labute approximate surface area is 186 Å². The normalized spacial score (nSPS) is 19.6. The molecule has 2 amide bonds. The molecule has 0 radical (unpaired) electrons. The van der Waals surface area contributed by atoms with Crippen molar-refractivity contribution in [3.05, 3.63) is 52.7 Å². The van der Waals surface area contributed by atoms with Crippen LogP contribution >= 0.6 is 11.3 Å². The van der Waals surface area contributed by atoms with Crippen molar-refractivity contribution >= 4 is 29.1 Å². The van der Waals surface area contributed by atoms with Crippen LogP contribution in [0.1, 0.15) is 39.2 Å². The summed E-state index contributed by atoms with van der Waals surface area (Å²) in [5.41, 5.74) is 0.617. The van der Waals surface area contributed by atoms with E-state index in [0.717, 1.165) is 5.56 Å². The molecule has 1 aliphatic rings. The number of carbonyl (C=O) groups is 3. The molecule has 0 saturated carbocycles. The van der Waals surface area contributed by atoms with Crippen molar-refractivity contribution in [1.29, 1.82) is 0 Å². The number of thiophene rings is 1. The second-order valence-electron chi connectivity index (χ2n) is 8.21. The lowest BCUT2D eigenvalue weighted by Crippen LogP contribution is -2.55. The summed E-state index contributed by atoms with van der Waals surface area (Å²) in [4.78, 5) is 37.8. The fourth-order valence-corrected chi connectivity index (χ4v) is 4.23. The maximum absolute atomic E-state index is 13.2. The molecule has 3 atom stereocenters. The molecule has 1 aromatic carbocycles. The van der Waals surface area contributed by atoms with Crippen molar-refractivity contribution in [2.75, 3.05) is 6.61 Å². The Balaban J connectivity index is 1.76. The summed E-state index contributed by atoms with van der Waals surface area (Å²) >= 11 is 1.40. The number of ether oxygens (including phenoxy) is 2. The third-order valence-corrected chi connectivity index (χ3v) is 6.10. The highest BCUT2D eigenvalue weighted by Crippen LogP contribution is 2.28. The molecule has 2 heterocycles. The fourth-order valence-electron chi connectivity index (χ4n) is 3.68. The Hall–Kier alpha value is -2.71. The fraction of sp³-hybridized carbons (Fsp3) is 0.435. The number of benzene rings is 1. The van der Waals surface area contributed by atoms with Gasteiger partial charge in [-0.1, -0.05) is 51.1 Å². The Kier molecular flexibility index (Phi) is 7.46. The molecule has 7 nitrogen and oxygen atoms in total. The second kappa shape index (κ2) is 10.1. The van der Waals surface area contributed by atoms with E-state index < -0.39 is 29.5 Å². The quantitative estimate of drug-likeness (QED) is 0.651. The molecule has 1 fully saturated rings. The monoisotopic (exact) mass is 444 g/mol. The predicted molar refractivity (Wildman–Crippen MR) is 118 cm³/mol. The summed E-state index contributed by atoms with van der Waals surface area (Å²) in [6.07, 6.45) is -0.162. The molecule has 2 N–H and O–H groups in total. The zero-order valence-electron chi connectivity index (χ0n) is 17.9. The topological polar surface area (TPSA) is 93.7 Å². The lowest BCUT2D eigenvalue weighted by molar-refractivity contribution is -0.128. The van der Waals surface area contributed by atoms with E-state index in [4.69, 9.17) is 9.47 Å². The average molecular weight is 445 g/mol. The Morgan fingerprint density at radius 2 is 2.00 bits per heavy atom. The van der Waals surface area contributed by atoms with Gasteiger partial charge in [-0.15, -0.1) is 11.3 Å². The van der Waals surface area contributed by atoms with Gasteiger partial charge in [-0.05, 0) is 35.3 Å². The van der Waals surface area contributed by atoms with E-state index in [2.05, 4.69) is 10.6 Å². The average Bonchev–Trinajstić information content (AvgIpc) is 3.38. The number of amides is 2. The molecule has 2 unspecified atom stereocenters. The van der Waals surface area contributed by atoms with Gasteiger partial charge in [0.1, 0.15) is 24.4 Å². The summed E-state index contributed by atoms with van der Waals surface area (Å²) in [5.74, 6) is -0.190. The van der Waals surface area contributed by atoms with Crippen LogP contribution < -0.4 is 15.4 Å². The van der Waals surface area contributed by atoms with E-state index in [0.29, 0.717) is 18.6 Å². The van der Waals surface area contributed by atoms with Crippen LogP contribution in [0.2, 0.25) is 0 Å². The first kappa shape index (κ1) is 23.0. The molecule has 1 saturated heterocycles. The van der Waals surface area contributed by atoms with E-state index in [1.165, 1.54) is 11.3 Å². The largest absolute Gasteiger partial charge is 0.413 e. The first-order valence-corrected chi connectivity index (χ1v) is 11.2. The van der Waals surface area contributed by atoms with E-state index in [9.17, 15) is 14.4 Å². The molecule has 166 valence electrons. The van der Waals surface area contributed by atoms with Gasteiger partial charge in [0.25, 0.3) is 0 Å². The Bertz CT molecular complexity index is 898. The molecule has 1 aromatic heterocycles. The molecule has 1 aliphatic heterocycles. The van der Waals surface area contributed by atoms with E-state index in [-0.39, 0.29) is 18.5 Å².